The molecule has 1 atom stereocenters. The lowest BCUT2D eigenvalue weighted by Gasteiger charge is -2.19. The molecule has 0 fully saturated rings. The summed E-state index contributed by atoms with van der Waals surface area (Å²) in [6.07, 6.45) is 6.49. The van der Waals surface area contributed by atoms with Crippen molar-refractivity contribution in [1.82, 2.24) is 10.3 Å². The number of hydrogen-bond donors (Lipinski definition) is 2. The van der Waals surface area contributed by atoms with Crippen LogP contribution in [-0.4, -0.2) is 17.4 Å². The molecule has 0 spiro atoms. The minimum absolute atomic E-state index is 0.0360. The minimum atomic E-state index is -0.295. The predicted octanol–water partition coefficient (Wildman–Crippen LogP) is 3.68. The Morgan fingerprint density at radius 1 is 1.26 bits per heavy atom. The third-order valence-corrected chi connectivity index (χ3v) is 3.57. The molecule has 0 aliphatic heterocycles. The topological polar surface area (TPSA) is 54.0 Å². The molecule has 1 amide bonds. The first-order chi connectivity index (χ1) is 11.2. The van der Waals surface area contributed by atoms with Crippen LogP contribution in [0.4, 0.5) is 10.1 Å². The summed E-state index contributed by atoms with van der Waals surface area (Å²) in [4.78, 5) is 16.3. The lowest BCUT2D eigenvalue weighted by atomic mass is 10.0. The zero-order valence-corrected chi connectivity index (χ0v) is 13.3. The van der Waals surface area contributed by atoms with Crippen LogP contribution in [0.15, 0.2) is 48.8 Å². The molecule has 0 aliphatic carbocycles. The molecular weight excluding hydrogens is 293 g/mol. The molecule has 23 heavy (non-hydrogen) atoms. The van der Waals surface area contributed by atoms with Gasteiger partial charge in [0.05, 0.1) is 12.6 Å². The summed E-state index contributed by atoms with van der Waals surface area (Å²) in [5.41, 5.74) is 1.73. The average Bonchev–Trinajstić information content (AvgIpc) is 2.59. The van der Waals surface area contributed by atoms with Gasteiger partial charge in [0, 0.05) is 18.1 Å². The van der Waals surface area contributed by atoms with E-state index < -0.39 is 0 Å². The molecule has 2 rings (SSSR count). The van der Waals surface area contributed by atoms with E-state index in [1.807, 2.05) is 12.1 Å². The molecule has 0 radical (unpaired) electrons. The highest BCUT2D eigenvalue weighted by atomic mass is 19.1. The number of nitrogens with one attached hydrogen (secondary N) is 2. The molecule has 122 valence electrons. The van der Waals surface area contributed by atoms with Crippen LogP contribution >= 0.6 is 0 Å². The number of benzene rings is 1. The van der Waals surface area contributed by atoms with Gasteiger partial charge in [-0.25, -0.2) is 4.39 Å². The Hall–Kier alpha value is -2.43. The van der Waals surface area contributed by atoms with Gasteiger partial charge in [-0.15, -0.1) is 0 Å². The lowest BCUT2D eigenvalue weighted by Crippen LogP contribution is -2.33. The molecule has 1 aromatic heterocycles. The molecule has 0 aliphatic rings. The largest absolute Gasteiger partial charge is 0.376 e. The van der Waals surface area contributed by atoms with Crippen LogP contribution in [0.2, 0.25) is 0 Å². The van der Waals surface area contributed by atoms with Crippen molar-refractivity contribution in [3.8, 4) is 0 Å². The van der Waals surface area contributed by atoms with Crippen molar-refractivity contribution in [2.75, 3.05) is 11.9 Å². The first-order valence-corrected chi connectivity index (χ1v) is 7.87. The summed E-state index contributed by atoms with van der Waals surface area (Å²) >= 11 is 0. The van der Waals surface area contributed by atoms with E-state index in [2.05, 4.69) is 22.5 Å². The minimum Gasteiger partial charge on any atom is -0.376 e. The standard InChI is InChI=1S/C18H22FN3O/c1-2-3-6-17(14-5-4-11-20-12-14)22-18(23)13-21-16-9-7-15(19)8-10-16/h4-5,7-12,17,21H,2-3,6,13H2,1H3,(H,22,23). The molecule has 2 N–H and O–H groups in total. The normalized spacial score (nSPS) is 11.7. The van der Waals surface area contributed by atoms with E-state index in [1.54, 1.807) is 24.5 Å². The monoisotopic (exact) mass is 315 g/mol. The smallest absolute Gasteiger partial charge is 0.239 e. The van der Waals surface area contributed by atoms with Gasteiger partial charge in [-0.3, -0.25) is 9.78 Å². The van der Waals surface area contributed by atoms with E-state index in [0.29, 0.717) is 5.69 Å². The van der Waals surface area contributed by atoms with Crippen molar-refractivity contribution < 1.29 is 9.18 Å². The van der Waals surface area contributed by atoms with Gasteiger partial charge in [0.25, 0.3) is 0 Å². The molecule has 0 saturated heterocycles. The van der Waals surface area contributed by atoms with Crippen LogP contribution in [0.1, 0.15) is 37.8 Å². The van der Waals surface area contributed by atoms with Crippen LogP contribution < -0.4 is 10.6 Å². The number of pyridine rings is 1. The molecule has 1 aromatic carbocycles. The third kappa shape index (κ3) is 5.70. The lowest BCUT2D eigenvalue weighted by molar-refractivity contribution is -0.120. The Morgan fingerprint density at radius 2 is 2.04 bits per heavy atom. The first kappa shape index (κ1) is 16.9. The van der Waals surface area contributed by atoms with Crippen molar-refractivity contribution >= 4 is 11.6 Å². The highest BCUT2D eigenvalue weighted by Gasteiger charge is 2.14. The Labute approximate surface area is 136 Å². The fourth-order valence-corrected chi connectivity index (χ4v) is 2.31. The summed E-state index contributed by atoms with van der Waals surface area (Å²) in [7, 11) is 0. The number of carbonyl (C=O) groups excluding carboxylic acids is 1. The maximum atomic E-state index is 12.9. The van der Waals surface area contributed by atoms with Crippen LogP contribution in [0.25, 0.3) is 0 Å². The summed E-state index contributed by atoms with van der Waals surface area (Å²) in [6, 6.07) is 9.75. The Balaban J connectivity index is 1.90. The second kappa shape index (κ2) is 8.88. The van der Waals surface area contributed by atoms with Gasteiger partial charge in [-0.05, 0) is 42.3 Å². The Kier molecular flexibility index (Phi) is 6.54. The van der Waals surface area contributed by atoms with E-state index in [9.17, 15) is 9.18 Å². The number of unbranched alkanes of at least 4 members (excludes halogenated alkanes) is 1. The molecular formula is C18H22FN3O. The van der Waals surface area contributed by atoms with Crippen LogP contribution in [0, 0.1) is 5.82 Å². The maximum Gasteiger partial charge on any atom is 0.239 e. The van der Waals surface area contributed by atoms with Gasteiger partial charge in [-0.1, -0.05) is 25.8 Å². The van der Waals surface area contributed by atoms with Gasteiger partial charge in [-0.2, -0.15) is 0 Å². The summed E-state index contributed by atoms with van der Waals surface area (Å²) in [5, 5.41) is 6.02. The molecule has 0 saturated carbocycles. The first-order valence-electron chi connectivity index (χ1n) is 7.87. The number of hydrogen-bond acceptors (Lipinski definition) is 3. The van der Waals surface area contributed by atoms with Crippen LogP contribution in [0.3, 0.4) is 0 Å². The van der Waals surface area contributed by atoms with Gasteiger partial charge in [0.15, 0.2) is 0 Å². The van der Waals surface area contributed by atoms with E-state index >= 15 is 0 Å². The van der Waals surface area contributed by atoms with Crippen molar-refractivity contribution in [2.45, 2.75) is 32.2 Å². The van der Waals surface area contributed by atoms with Crippen LogP contribution in [0.5, 0.6) is 0 Å². The van der Waals surface area contributed by atoms with E-state index in [4.69, 9.17) is 0 Å². The summed E-state index contributed by atoms with van der Waals surface area (Å²) in [5.74, 6) is -0.393. The second-order valence-corrected chi connectivity index (χ2v) is 5.41. The summed E-state index contributed by atoms with van der Waals surface area (Å²) in [6.45, 7) is 2.27. The SMILES string of the molecule is CCCCC(NC(=O)CNc1ccc(F)cc1)c1cccnc1. The number of amides is 1. The maximum absolute atomic E-state index is 12.9. The van der Waals surface area contributed by atoms with Gasteiger partial charge in [0.1, 0.15) is 5.82 Å². The number of anilines is 1. The molecule has 4 nitrogen and oxygen atoms in total. The second-order valence-electron chi connectivity index (χ2n) is 5.41. The van der Waals surface area contributed by atoms with E-state index in [1.165, 1.54) is 12.1 Å². The zero-order valence-electron chi connectivity index (χ0n) is 13.3. The van der Waals surface area contributed by atoms with Crippen molar-refractivity contribution in [3.05, 3.63) is 60.2 Å². The van der Waals surface area contributed by atoms with Crippen molar-refractivity contribution in [1.29, 1.82) is 0 Å². The zero-order chi connectivity index (χ0) is 16.5. The number of carbonyl (C=O) groups is 1. The van der Waals surface area contributed by atoms with Crippen molar-refractivity contribution in [2.24, 2.45) is 0 Å². The van der Waals surface area contributed by atoms with Crippen LogP contribution in [-0.2, 0) is 4.79 Å². The van der Waals surface area contributed by atoms with E-state index in [0.717, 1.165) is 24.8 Å². The van der Waals surface area contributed by atoms with Gasteiger partial charge >= 0.3 is 0 Å². The third-order valence-electron chi connectivity index (χ3n) is 3.57. The highest BCUT2D eigenvalue weighted by Crippen LogP contribution is 2.18. The Bertz CT molecular complexity index is 601. The average molecular weight is 315 g/mol. The fourth-order valence-electron chi connectivity index (χ4n) is 2.31. The number of halogens is 1. The van der Waals surface area contributed by atoms with Gasteiger partial charge in [0.2, 0.25) is 5.91 Å². The number of rotatable bonds is 8. The Morgan fingerprint density at radius 3 is 2.70 bits per heavy atom. The molecule has 5 heteroatoms. The highest BCUT2D eigenvalue weighted by molar-refractivity contribution is 5.81. The molecule has 1 heterocycles. The van der Waals surface area contributed by atoms with E-state index in [-0.39, 0.29) is 24.3 Å². The quantitative estimate of drug-likeness (QED) is 0.781. The number of nitrogens with zero attached hydrogens (tertiary/aromatic N) is 1. The fraction of sp³-hybridized carbons (Fsp3) is 0.333. The molecule has 2 aromatic rings. The predicted molar refractivity (Wildman–Crippen MR) is 89.5 cm³/mol. The van der Waals surface area contributed by atoms with Crippen molar-refractivity contribution in [3.63, 3.8) is 0 Å². The molecule has 0 bridgehead atoms. The summed E-state index contributed by atoms with van der Waals surface area (Å²) < 4.78 is 12.9. The number of aromatic nitrogens is 1. The van der Waals surface area contributed by atoms with Gasteiger partial charge < -0.3 is 10.6 Å². The molecule has 1 unspecified atom stereocenters.